The van der Waals surface area contributed by atoms with Gasteiger partial charge >= 0.3 is 0 Å². The maximum Gasteiger partial charge on any atom is 0.124 e. The molecule has 8 heavy (non-hydrogen) atoms. The summed E-state index contributed by atoms with van der Waals surface area (Å²) in [4.78, 5) is 9.81. The molecule has 0 unspecified atom stereocenters. The zero-order valence-electron chi connectivity index (χ0n) is 5.05. The molecule has 1 nitrogen and oxygen atoms in total. The van der Waals surface area contributed by atoms with Crippen molar-refractivity contribution in [3.8, 4) is 0 Å². The van der Waals surface area contributed by atoms with Gasteiger partial charge in [-0.15, -0.1) is 0 Å². The first-order valence-corrected chi connectivity index (χ1v) is 2.53. The molecule has 0 aliphatic carbocycles. The van der Waals surface area contributed by atoms with Gasteiger partial charge in [0.25, 0.3) is 0 Å². The summed E-state index contributed by atoms with van der Waals surface area (Å²) in [7, 11) is 0. The number of carbonyl (C=O) groups excluding carboxylic acids is 1. The van der Waals surface area contributed by atoms with Gasteiger partial charge in [0.2, 0.25) is 0 Å². The van der Waals surface area contributed by atoms with Crippen molar-refractivity contribution in [2.75, 3.05) is 0 Å². The fraction of sp³-hybridized carbons (Fsp3) is 0.286. The minimum atomic E-state index is 0.520. The van der Waals surface area contributed by atoms with Crippen molar-refractivity contribution >= 4 is 6.29 Å². The highest BCUT2D eigenvalue weighted by molar-refractivity contribution is 5.54. The smallest absolute Gasteiger partial charge is 0.124 e. The Morgan fingerprint density at radius 3 is 2.75 bits per heavy atom. The van der Waals surface area contributed by atoms with Crippen LogP contribution in [-0.2, 0) is 4.79 Å². The Kier molecular flexibility index (Phi) is 3.85. The molecule has 0 aromatic rings. The molecule has 0 aliphatic rings. The Balaban J connectivity index is 3.60. The number of allylic oxidation sites excluding steroid dienone is 3. The number of carbonyl (C=O) groups is 1. The summed E-state index contributed by atoms with van der Waals surface area (Å²) in [5.74, 6) is 0. The highest BCUT2D eigenvalue weighted by atomic mass is 16.1. The Labute approximate surface area is 49.7 Å². The summed E-state index contributed by atoms with van der Waals surface area (Å²) in [6.07, 6.45) is 4.91. The van der Waals surface area contributed by atoms with Crippen LogP contribution in [0.3, 0.4) is 0 Å². The van der Waals surface area contributed by atoms with Gasteiger partial charge in [-0.05, 0) is 6.92 Å². The topological polar surface area (TPSA) is 17.1 Å². The molecule has 0 amide bonds. The summed E-state index contributed by atoms with van der Waals surface area (Å²) in [5.41, 5.74) is 1.05. The van der Waals surface area contributed by atoms with Crippen molar-refractivity contribution in [2.45, 2.75) is 13.3 Å². The van der Waals surface area contributed by atoms with E-state index in [1.807, 2.05) is 13.0 Å². The predicted molar refractivity (Wildman–Crippen MR) is 34.6 cm³/mol. The lowest BCUT2D eigenvalue weighted by Gasteiger charge is -1.85. The van der Waals surface area contributed by atoms with Gasteiger partial charge in [-0.3, -0.25) is 0 Å². The third kappa shape index (κ3) is 3.34. The summed E-state index contributed by atoms with van der Waals surface area (Å²) >= 11 is 0. The Hall–Kier alpha value is -0.850. The average molecular weight is 110 g/mol. The van der Waals surface area contributed by atoms with Gasteiger partial charge in [-0.2, -0.15) is 0 Å². The molecule has 0 aromatic heterocycles. The van der Waals surface area contributed by atoms with E-state index in [1.54, 1.807) is 6.08 Å². The van der Waals surface area contributed by atoms with Crippen molar-refractivity contribution in [1.29, 1.82) is 0 Å². The SMILES string of the molecule is C=C/C=C(\C)CC=O. The van der Waals surface area contributed by atoms with Crippen molar-refractivity contribution < 1.29 is 4.79 Å². The average Bonchev–Trinajstić information content (AvgIpc) is 1.68. The Bertz CT molecular complexity index is 112. The van der Waals surface area contributed by atoms with Gasteiger partial charge in [-0.1, -0.05) is 24.3 Å². The molecule has 0 heterocycles. The van der Waals surface area contributed by atoms with Crippen LogP contribution >= 0.6 is 0 Å². The highest BCUT2D eigenvalue weighted by Gasteiger charge is 1.80. The minimum Gasteiger partial charge on any atom is -0.303 e. The summed E-state index contributed by atoms with van der Waals surface area (Å²) in [6, 6.07) is 0. The molecule has 0 bridgehead atoms. The molecular formula is C7H10O. The molecular weight excluding hydrogens is 100 g/mol. The zero-order chi connectivity index (χ0) is 6.41. The van der Waals surface area contributed by atoms with E-state index in [2.05, 4.69) is 6.58 Å². The molecule has 0 spiro atoms. The lowest BCUT2D eigenvalue weighted by atomic mass is 10.2. The van der Waals surface area contributed by atoms with Crippen LogP contribution in [0.2, 0.25) is 0 Å². The summed E-state index contributed by atoms with van der Waals surface area (Å²) in [6.45, 7) is 5.39. The first-order chi connectivity index (χ1) is 3.81. The van der Waals surface area contributed by atoms with E-state index in [0.717, 1.165) is 11.9 Å². The standard InChI is InChI=1S/C7H10O/c1-3-4-7(2)5-6-8/h3-4,6H,1,5H2,2H3/b7-4+. The van der Waals surface area contributed by atoms with E-state index in [9.17, 15) is 4.79 Å². The first kappa shape index (κ1) is 7.15. The van der Waals surface area contributed by atoms with Crippen LogP contribution in [0.25, 0.3) is 0 Å². The number of hydrogen-bond donors (Lipinski definition) is 0. The molecule has 0 saturated carbocycles. The van der Waals surface area contributed by atoms with E-state index < -0.39 is 0 Å². The van der Waals surface area contributed by atoms with Gasteiger partial charge in [0.05, 0.1) is 0 Å². The maximum atomic E-state index is 9.81. The van der Waals surface area contributed by atoms with Crippen molar-refractivity contribution in [2.24, 2.45) is 0 Å². The second kappa shape index (κ2) is 4.31. The van der Waals surface area contributed by atoms with Gasteiger partial charge in [0.1, 0.15) is 6.29 Å². The number of rotatable bonds is 3. The lowest BCUT2D eigenvalue weighted by molar-refractivity contribution is -0.107. The number of hydrogen-bond acceptors (Lipinski definition) is 1. The fourth-order valence-corrected chi connectivity index (χ4v) is 0.401. The van der Waals surface area contributed by atoms with E-state index >= 15 is 0 Å². The van der Waals surface area contributed by atoms with Crippen LogP contribution < -0.4 is 0 Å². The van der Waals surface area contributed by atoms with Crippen LogP contribution in [0.4, 0.5) is 0 Å². The molecule has 0 aliphatic heterocycles. The van der Waals surface area contributed by atoms with Gasteiger partial charge < -0.3 is 4.79 Å². The van der Waals surface area contributed by atoms with E-state index in [4.69, 9.17) is 0 Å². The normalized spacial score (nSPS) is 10.9. The molecule has 1 heteroatoms. The molecule has 0 saturated heterocycles. The summed E-state index contributed by atoms with van der Waals surface area (Å²) in [5, 5.41) is 0. The lowest BCUT2D eigenvalue weighted by Crippen LogP contribution is -1.74. The monoisotopic (exact) mass is 110 g/mol. The summed E-state index contributed by atoms with van der Waals surface area (Å²) < 4.78 is 0. The second-order valence-corrected chi connectivity index (χ2v) is 1.62. The second-order valence-electron chi connectivity index (χ2n) is 1.62. The maximum absolute atomic E-state index is 9.81. The highest BCUT2D eigenvalue weighted by Crippen LogP contribution is 1.94. The van der Waals surface area contributed by atoms with Crippen LogP contribution in [0, 0.1) is 0 Å². The minimum absolute atomic E-state index is 0.520. The van der Waals surface area contributed by atoms with Crippen molar-refractivity contribution in [1.82, 2.24) is 0 Å². The largest absolute Gasteiger partial charge is 0.303 e. The van der Waals surface area contributed by atoms with Gasteiger partial charge in [-0.25, -0.2) is 0 Å². The fourth-order valence-electron chi connectivity index (χ4n) is 0.401. The van der Waals surface area contributed by atoms with E-state index in [-0.39, 0.29) is 0 Å². The van der Waals surface area contributed by atoms with Crippen molar-refractivity contribution in [3.63, 3.8) is 0 Å². The van der Waals surface area contributed by atoms with Gasteiger partial charge in [0, 0.05) is 6.42 Å². The zero-order valence-corrected chi connectivity index (χ0v) is 5.05. The van der Waals surface area contributed by atoms with E-state index in [1.165, 1.54) is 0 Å². The van der Waals surface area contributed by atoms with Crippen LogP contribution in [0.1, 0.15) is 13.3 Å². The van der Waals surface area contributed by atoms with Crippen LogP contribution in [0.15, 0.2) is 24.3 Å². The molecule has 0 N–H and O–H groups in total. The molecule has 0 fully saturated rings. The molecule has 44 valence electrons. The molecule has 0 radical (unpaired) electrons. The molecule has 0 aromatic carbocycles. The van der Waals surface area contributed by atoms with Crippen molar-refractivity contribution in [3.05, 3.63) is 24.3 Å². The third-order valence-electron chi connectivity index (χ3n) is 0.808. The Morgan fingerprint density at radius 2 is 2.38 bits per heavy atom. The third-order valence-corrected chi connectivity index (χ3v) is 0.808. The first-order valence-electron chi connectivity index (χ1n) is 2.53. The van der Waals surface area contributed by atoms with Crippen LogP contribution in [0.5, 0.6) is 0 Å². The Morgan fingerprint density at radius 1 is 1.75 bits per heavy atom. The molecule has 0 rings (SSSR count). The predicted octanol–water partition coefficient (Wildman–Crippen LogP) is 1.71. The van der Waals surface area contributed by atoms with E-state index in [0.29, 0.717) is 6.42 Å². The van der Waals surface area contributed by atoms with Gasteiger partial charge in [0.15, 0.2) is 0 Å². The van der Waals surface area contributed by atoms with Crippen LogP contribution in [-0.4, -0.2) is 6.29 Å². The quantitative estimate of drug-likeness (QED) is 0.399. The molecule has 0 atom stereocenters. The number of aldehydes is 1.